The number of aromatic carboxylic acids is 1. The van der Waals surface area contributed by atoms with Crippen molar-refractivity contribution in [3.8, 4) is 0 Å². The summed E-state index contributed by atoms with van der Waals surface area (Å²) in [6.45, 7) is 6.61. The number of hydrogen-bond acceptors (Lipinski definition) is 4. The van der Waals surface area contributed by atoms with E-state index in [2.05, 4.69) is 0 Å². The van der Waals surface area contributed by atoms with Crippen molar-refractivity contribution < 1.29 is 14.8 Å². The van der Waals surface area contributed by atoms with Gasteiger partial charge in [-0.25, -0.2) is 4.79 Å². The molecule has 1 aromatic rings. The van der Waals surface area contributed by atoms with Crippen LogP contribution in [0.5, 0.6) is 0 Å². The number of carboxylic acids is 1. The predicted molar refractivity (Wildman–Crippen MR) is 72.8 cm³/mol. The van der Waals surface area contributed by atoms with Gasteiger partial charge in [0.05, 0.1) is 4.92 Å². The summed E-state index contributed by atoms with van der Waals surface area (Å²) >= 11 is 0. The highest BCUT2D eigenvalue weighted by Gasteiger charge is 2.27. The van der Waals surface area contributed by atoms with Crippen LogP contribution in [0.3, 0.4) is 0 Å². The van der Waals surface area contributed by atoms with Crippen molar-refractivity contribution in [1.82, 2.24) is 0 Å². The summed E-state index contributed by atoms with van der Waals surface area (Å²) < 4.78 is 0. The van der Waals surface area contributed by atoms with Gasteiger partial charge in [0.15, 0.2) is 0 Å². The van der Waals surface area contributed by atoms with Crippen molar-refractivity contribution in [3.05, 3.63) is 33.9 Å². The van der Waals surface area contributed by atoms with Crippen LogP contribution in [0, 0.1) is 15.5 Å². The van der Waals surface area contributed by atoms with Crippen LogP contribution < -0.4 is 4.90 Å². The molecule has 19 heavy (non-hydrogen) atoms. The fourth-order valence-electron chi connectivity index (χ4n) is 2.00. The van der Waals surface area contributed by atoms with Crippen molar-refractivity contribution in [2.75, 3.05) is 18.5 Å². The maximum atomic E-state index is 11.1. The lowest BCUT2D eigenvalue weighted by Gasteiger charge is -2.28. The molecule has 6 nitrogen and oxygen atoms in total. The molecular formula is C13H18N2O4. The van der Waals surface area contributed by atoms with E-state index in [9.17, 15) is 14.9 Å². The summed E-state index contributed by atoms with van der Waals surface area (Å²) in [6.07, 6.45) is 0. The third-order valence-electron chi connectivity index (χ3n) is 2.55. The Morgan fingerprint density at radius 1 is 1.42 bits per heavy atom. The van der Waals surface area contributed by atoms with Gasteiger partial charge in [-0.15, -0.1) is 0 Å². The van der Waals surface area contributed by atoms with E-state index < -0.39 is 10.9 Å². The highest BCUT2D eigenvalue weighted by atomic mass is 16.6. The van der Waals surface area contributed by atoms with E-state index in [0.29, 0.717) is 12.2 Å². The number of rotatable bonds is 4. The minimum Gasteiger partial charge on any atom is -0.477 e. The molecule has 0 heterocycles. The van der Waals surface area contributed by atoms with Gasteiger partial charge in [-0.2, -0.15) is 0 Å². The van der Waals surface area contributed by atoms with Gasteiger partial charge < -0.3 is 10.0 Å². The Bertz CT molecular complexity index is 506. The number of benzene rings is 1. The van der Waals surface area contributed by atoms with Crippen LogP contribution in [-0.4, -0.2) is 29.6 Å². The van der Waals surface area contributed by atoms with Crippen molar-refractivity contribution >= 4 is 17.3 Å². The second-order valence-electron chi connectivity index (χ2n) is 5.65. The van der Waals surface area contributed by atoms with E-state index in [-0.39, 0.29) is 16.7 Å². The molecule has 1 rings (SSSR count). The van der Waals surface area contributed by atoms with Crippen LogP contribution in [0.4, 0.5) is 11.4 Å². The lowest BCUT2D eigenvalue weighted by molar-refractivity contribution is -0.384. The van der Waals surface area contributed by atoms with Gasteiger partial charge in [0.2, 0.25) is 0 Å². The van der Waals surface area contributed by atoms with Crippen LogP contribution in [0.2, 0.25) is 0 Å². The number of nitro groups is 1. The fourth-order valence-corrected chi connectivity index (χ4v) is 2.00. The maximum absolute atomic E-state index is 11.1. The van der Waals surface area contributed by atoms with E-state index >= 15 is 0 Å². The topological polar surface area (TPSA) is 83.7 Å². The van der Waals surface area contributed by atoms with Gasteiger partial charge in [0.25, 0.3) is 0 Å². The Morgan fingerprint density at radius 3 is 2.42 bits per heavy atom. The first kappa shape index (κ1) is 14.9. The maximum Gasteiger partial charge on any atom is 0.342 e. The van der Waals surface area contributed by atoms with Gasteiger partial charge in [-0.05, 0) is 17.5 Å². The molecule has 0 aliphatic heterocycles. The molecule has 6 heteroatoms. The number of nitro benzene ring substituents is 1. The molecule has 0 radical (unpaired) electrons. The monoisotopic (exact) mass is 266 g/mol. The van der Waals surface area contributed by atoms with Gasteiger partial charge in [-0.3, -0.25) is 10.1 Å². The Labute approximate surface area is 111 Å². The molecule has 0 atom stereocenters. The van der Waals surface area contributed by atoms with Crippen molar-refractivity contribution in [2.24, 2.45) is 5.41 Å². The molecule has 0 aliphatic carbocycles. The largest absolute Gasteiger partial charge is 0.477 e. The second-order valence-corrected chi connectivity index (χ2v) is 5.65. The Morgan fingerprint density at radius 2 is 2.00 bits per heavy atom. The van der Waals surface area contributed by atoms with Crippen molar-refractivity contribution in [1.29, 1.82) is 0 Å². The molecule has 0 unspecified atom stereocenters. The molecule has 0 saturated heterocycles. The van der Waals surface area contributed by atoms with Crippen LogP contribution in [0.1, 0.15) is 31.1 Å². The third-order valence-corrected chi connectivity index (χ3v) is 2.55. The Balaban J connectivity index is 3.31. The van der Waals surface area contributed by atoms with E-state index in [4.69, 9.17) is 5.11 Å². The van der Waals surface area contributed by atoms with Gasteiger partial charge in [0, 0.05) is 13.6 Å². The summed E-state index contributed by atoms with van der Waals surface area (Å²) in [7, 11) is 1.72. The second kappa shape index (κ2) is 5.26. The Kier molecular flexibility index (Phi) is 4.14. The summed E-state index contributed by atoms with van der Waals surface area (Å²) in [6, 6.07) is 4.33. The zero-order valence-corrected chi connectivity index (χ0v) is 11.5. The average molecular weight is 266 g/mol. The first-order valence-corrected chi connectivity index (χ1v) is 5.85. The first-order chi connectivity index (χ1) is 8.63. The molecule has 1 N–H and O–H groups in total. The molecule has 0 spiro atoms. The SMILES string of the molecule is CN(CC(C)(C)C)c1cccc(C(=O)O)c1[N+](=O)[O-]. The quantitative estimate of drug-likeness (QED) is 0.669. The summed E-state index contributed by atoms with van der Waals surface area (Å²) in [4.78, 5) is 23.3. The number of carbonyl (C=O) groups is 1. The van der Waals surface area contributed by atoms with Crippen molar-refractivity contribution in [3.63, 3.8) is 0 Å². The zero-order chi connectivity index (χ0) is 14.8. The van der Waals surface area contributed by atoms with E-state index in [1.54, 1.807) is 18.0 Å². The summed E-state index contributed by atoms with van der Waals surface area (Å²) in [5.41, 5.74) is -0.383. The number of nitrogens with zero attached hydrogens (tertiary/aromatic N) is 2. The highest BCUT2D eigenvalue weighted by molar-refractivity contribution is 5.95. The highest BCUT2D eigenvalue weighted by Crippen LogP contribution is 2.32. The van der Waals surface area contributed by atoms with E-state index in [1.165, 1.54) is 12.1 Å². The molecule has 1 aromatic carbocycles. The molecule has 0 fully saturated rings. The fraction of sp³-hybridized carbons (Fsp3) is 0.462. The number of anilines is 1. The summed E-state index contributed by atoms with van der Waals surface area (Å²) in [5, 5.41) is 20.2. The molecule has 0 amide bonds. The van der Waals surface area contributed by atoms with Gasteiger partial charge in [0.1, 0.15) is 11.3 Å². The lowest BCUT2D eigenvalue weighted by Crippen LogP contribution is -2.29. The molecular weight excluding hydrogens is 248 g/mol. The minimum absolute atomic E-state index is 0.0537. The number of carboxylic acid groups (broad SMARTS) is 1. The van der Waals surface area contributed by atoms with Crippen LogP contribution in [0.15, 0.2) is 18.2 Å². The molecule has 104 valence electrons. The minimum atomic E-state index is -1.29. The van der Waals surface area contributed by atoms with Gasteiger partial charge >= 0.3 is 11.7 Å². The standard InChI is InChI=1S/C13H18N2O4/c1-13(2,3)8-14(4)10-7-5-6-9(12(16)17)11(10)15(18)19/h5-7H,8H2,1-4H3,(H,16,17). The molecule has 0 aromatic heterocycles. The number of hydrogen-bond donors (Lipinski definition) is 1. The van der Waals surface area contributed by atoms with Crippen molar-refractivity contribution in [2.45, 2.75) is 20.8 Å². The first-order valence-electron chi connectivity index (χ1n) is 5.85. The zero-order valence-electron chi connectivity index (χ0n) is 11.5. The van der Waals surface area contributed by atoms with E-state index in [1.807, 2.05) is 20.8 Å². The van der Waals surface area contributed by atoms with E-state index in [0.717, 1.165) is 0 Å². The summed E-state index contributed by atoms with van der Waals surface area (Å²) in [5.74, 6) is -1.29. The molecule has 0 saturated carbocycles. The Hall–Kier alpha value is -2.11. The normalized spacial score (nSPS) is 11.2. The smallest absolute Gasteiger partial charge is 0.342 e. The van der Waals surface area contributed by atoms with Gasteiger partial charge in [-0.1, -0.05) is 26.8 Å². The molecule has 0 aliphatic rings. The van der Waals surface area contributed by atoms with Crippen LogP contribution in [-0.2, 0) is 0 Å². The predicted octanol–water partition coefficient (Wildman–Crippen LogP) is 2.78. The van der Waals surface area contributed by atoms with Crippen LogP contribution >= 0.6 is 0 Å². The lowest BCUT2D eigenvalue weighted by atomic mass is 9.96. The third kappa shape index (κ3) is 3.67. The average Bonchev–Trinajstić information content (AvgIpc) is 2.25. The number of para-hydroxylation sites is 1. The molecule has 0 bridgehead atoms. The van der Waals surface area contributed by atoms with Crippen LogP contribution in [0.25, 0.3) is 0 Å².